The number of nitrogens with zero attached hydrogens (tertiary/aromatic N) is 1. The van der Waals surface area contributed by atoms with Gasteiger partial charge in [-0.15, -0.1) is 0 Å². The molecule has 0 unspecified atom stereocenters. The van der Waals surface area contributed by atoms with E-state index in [0.29, 0.717) is 15.6 Å². The summed E-state index contributed by atoms with van der Waals surface area (Å²) in [4.78, 5) is 23.6. The quantitative estimate of drug-likeness (QED) is 0.286. The van der Waals surface area contributed by atoms with Gasteiger partial charge >= 0.3 is 5.97 Å². The molecular weight excluding hydrogens is 515 g/mol. The van der Waals surface area contributed by atoms with E-state index in [0.717, 1.165) is 0 Å². The molecule has 0 bridgehead atoms. The number of carbonyl (C=O) groups is 2. The summed E-state index contributed by atoms with van der Waals surface area (Å²) in [5, 5.41) is 21.2. The Labute approximate surface area is 202 Å². The van der Waals surface area contributed by atoms with Crippen LogP contribution in [0.15, 0.2) is 70.7 Å². The van der Waals surface area contributed by atoms with Crippen molar-refractivity contribution in [1.82, 2.24) is 0 Å². The number of ether oxygens (including phenoxy) is 1. The minimum absolute atomic E-state index is 0.00280. The van der Waals surface area contributed by atoms with E-state index in [4.69, 9.17) is 21.4 Å². The van der Waals surface area contributed by atoms with Gasteiger partial charge in [0.1, 0.15) is 24.1 Å². The maximum absolute atomic E-state index is 13.8. The van der Waals surface area contributed by atoms with Gasteiger partial charge in [0.25, 0.3) is 5.91 Å². The SMILES string of the molecule is N#C/C(=C/c1cc(Cl)c(OCc2ccccc2F)c(Br)c1)C(=O)Nc1cccc(C(=O)O)c1. The van der Waals surface area contributed by atoms with E-state index in [9.17, 15) is 19.2 Å². The normalized spacial score (nSPS) is 10.9. The lowest BCUT2D eigenvalue weighted by Crippen LogP contribution is -2.14. The van der Waals surface area contributed by atoms with Crippen LogP contribution in [-0.2, 0) is 11.4 Å². The largest absolute Gasteiger partial charge is 0.486 e. The van der Waals surface area contributed by atoms with Crippen molar-refractivity contribution >= 4 is 51.2 Å². The van der Waals surface area contributed by atoms with Crippen LogP contribution in [0.5, 0.6) is 5.75 Å². The van der Waals surface area contributed by atoms with E-state index in [1.807, 2.05) is 6.07 Å². The molecule has 6 nitrogen and oxygen atoms in total. The van der Waals surface area contributed by atoms with Crippen LogP contribution in [0.1, 0.15) is 21.5 Å². The lowest BCUT2D eigenvalue weighted by molar-refractivity contribution is -0.112. The van der Waals surface area contributed by atoms with Gasteiger partial charge in [-0.2, -0.15) is 5.26 Å². The van der Waals surface area contributed by atoms with Crippen LogP contribution in [0, 0.1) is 17.1 Å². The number of halogens is 3. The first-order valence-corrected chi connectivity index (χ1v) is 10.6. The van der Waals surface area contributed by atoms with Crippen molar-refractivity contribution < 1.29 is 23.8 Å². The molecule has 33 heavy (non-hydrogen) atoms. The Morgan fingerprint density at radius 2 is 1.94 bits per heavy atom. The number of aromatic carboxylic acids is 1. The number of hydrogen-bond donors (Lipinski definition) is 2. The van der Waals surface area contributed by atoms with Crippen LogP contribution in [0.4, 0.5) is 10.1 Å². The van der Waals surface area contributed by atoms with Gasteiger partial charge in [0.15, 0.2) is 5.75 Å². The second-order valence-corrected chi connectivity index (χ2v) is 7.97. The second-order valence-electron chi connectivity index (χ2n) is 6.70. The van der Waals surface area contributed by atoms with Crippen molar-refractivity contribution in [3.8, 4) is 11.8 Å². The fourth-order valence-corrected chi connectivity index (χ4v) is 3.80. The van der Waals surface area contributed by atoms with Crippen LogP contribution in [0.3, 0.4) is 0 Å². The molecule has 0 saturated heterocycles. The van der Waals surface area contributed by atoms with E-state index in [1.165, 1.54) is 42.5 Å². The number of rotatable bonds is 7. The molecule has 0 aliphatic rings. The van der Waals surface area contributed by atoms with E-state index >= 15 is 0 Å². The molecule has 3 rings (SSSR count). The molecule has 3 aromatic carbocycles. The third kappa shape index (κ3) is 6.19. The minimum atomic E-state index is -1.14. The highest BCUT2D eigenvalue weighted by Crippen LogP contribution is 2.36. The number of anilines is 1. The molecular formula is C24H15BrClFN2O4. The summed E-state index contributed by atoms with van der Waals surface area (Å²) in [6.45, 7) is -0.0402. The standard InChI is InChI=1S/C24H15BrClFN2O4/c25-19-9-14(10-20(26)22(19)33-13-16-4-1-2-7-21(16)27)8-17(12-28)23(30)29-18-6-3-5-15(11-18)24(31)32/h1-11H,13H2,(H,29,30)(H,31,32)/b17-8-. The third-order valence-corrected chi connectivity index (χ3v) is 5.26. The first-order chi connectivity index (χ1) is 15.8. The number of amides is 1. The summed E-state index contributed by atoms with van der Waals surface area (Å²) in [5.41, 5.74) is 0.809. The van der Waals surface area contributed by atoms with Gasteiger partial charge in [-0.1, -0.05) is 35.9 Å². The van der Waals surface area contributed by atoms with Gasteiger partial charge in [0.05, 0.1) is 15.1 Å². The zero-order valence-corrected chi connectivity index (χ0v) is 19.2. The fraction of sp³-hybridized carbons (Fsp3) is 0.0417. The molecule has 9 heteroatoms. The van der Waals surface area contributed by atoms with Gasteiger partial charge in [-0.25, -0.2) is 9.18 Å². The van der Waals surface area contributed by atoms with Crippen molar-refractivity contribution in [2.24, 2.45) is 0 Å². The molecule has 0 aliphatic heterocycles. The smallest absolute Gasteiger partial charge is 0.335 e. The maximum atomic E-state index is 13.8. The Morgan fingerprint density at radius 3 is 2.61 bits per heavy atom. The van der Waals surface area contributed by atoms with E-state index in [1.54, 1.807) is 24.3 Å². The Bertz CT molecular complexity index is 1280. The van der Waals surface area contributed by atoms with Crippen LogP contribution in [0.2, 0.25) is 5.02 Å². The molecule has 0 heterocycles. The second kappa shape index (κ2) is 10.8. The van der Waals surface area contributed by atoms with Crippen molar-refractivity contribution in [2.45, 2.75) is 6.61 Å². The highest BCUT2D eigenvalue weighted by molar-refractivity contribution is 9.10. The molecule has 0 atom stereocenters. The van der Waals surface area contributed by atoms with Crippen LogP contribution in [0.25, 0.3) is 6.08 Å². The number of carboxylic acids is 1. The van der Waals surface area contributed by atoms with Gasteiger partial charge < -0.3 is 15.2 Å². The molecule has 0 spiro atoms. The van der Waals surface area contributed by atoms with E-state index in [-0.39, 0.29) is 34.2 Å². The topological polar surface area (TPSA) is 99.4 Å². The molecule has 3 aromatic rings. The Hall–Kier alpha value is -3.67. The summed E-state index contributed by atoms with van der Waals surface area (Å²) < 4.78 is 19.9. The highest BCUT2D eigenvalue weighted by atomic mass is 79.9. The van der Waals surface area contributed by atoms with Gasteiger partial charge in [-0.05, 0) is 64.0 Å². The van der Waals surface area contributed by atoms with Crippen molar-refractivity contribution in [3.05, 3.63) is 98.2 Å². The Kier molecular flexibility index (Phi) is 7.83. The average molecular weight is 530 g/mol. The summed E-state index contributed by atoms with van der Waals surface area (Å²) in [6.07, 6.45) is 1.33. The summed E-state index contributed by atoms with van der Waals surface area (Å²) in [6, 6.07) is 16.8. The number of nitrogens with one attached hydrogen (secondary N) is 1. The molecule has 0 radical (unpaired) electrons. The minimum Gasteiger partial charge on any atom is -0.486 e. The highest BCUT2D eigenvalue weighted by Gasteiger charge is 2.14. The van der Waals surface area contributed by atoms with E-state index in [2.05, 4.69) is 21.2 Å². The zero-order valence-electron chi connectivity index (χ0n) is 16.8. The summed E-state index contributed by atoms with van der Waals surface area (Å²) in [5.74, 6) is -1.97. The Balaban J connectivity index is 1.79. The third-order valence-electron chi connectivity index (χ3n) is 4.39. The number of carboxylic acid groups (broad SMARTS) is 1. The molecule has 2 N–H and O–H groups in total. The molecule has 166 valence electrons. The lowest BCUT2D eigenvalue weighted by Gasteiger charge is -2.12. The molecule has 0 saturated carbocycles. The van der Waals surface area contributed by atoms with Gasteiger partial charge in [-0.3, -0.25) is 4.79 Å². The first kappa shape index (κ1) is 24.0. The van der Waals surface area contributed by atoms with Crippen LogP contribution < -0.4 is 10.1 Å². The predicted molar refractivity (Wildman–Crippen MR) is 126 cm³/mol. The first-order valence-electron chi connectivity index (χ1n) is 9.40. The van der Waals surface area contributed by atoms with Crippen molar-refractivity contribution in [1.29, 1.82) is 5.26 Å². The number of carbonyl (C=O) groups excluding carboxylic acids is 1. The van der Waals surface area contributed by atoms with E-state index < -0.39 is 17.7 Å². The number of benzene rings is 3. The lowest BCUT2D eigenvalue weighted by atomic mass is 10.1. The van der Waals surface area contributed by atoms with Crippen molar-refractivity contribution in [2.75, 3.05) is 5.32 Å². The fourth-order valence-electron chi connectivity index (χ4n) is 2.81. The monoisotopic (exact) mass is 528 g/mol. The summed E-state index contributed by atoms with van der Waals surface area (Å²) in [7, 11) is 0. The average Bonchev–Trinajstić information content (AvgIpc) is 2.78. The van der Waals surface area contributed by atoms with Crippen LogP contribution >= 0.6 is 27.5 Å². The summed E-state index contributed by atoms with van der Waals surface area (Å²) >= 11 is 9.65. The molecule has 0 fully saturated rings. The number of nitriles is 1. The molecule has 1 amide bonds. The van der Waals surface area contributed by atoms with Gasteiger partial charge in [0, 0.05) is 11.3 Å². The zero-order chi connectivity index (χ0) is 24.0. The molecule has 0 aliphatic carbocycles. The van der Waals surface area contributed by atoms with Crippen LogP contribution in [-0.4, -0.2) is 17.0 Å². The Morgan fingerprint density at radius 1 is 1.18 bits per heavy atom. The predicted octanol–water partition coefficient (Wildman–Crippen LogP) is 6.06. The molecule has 0 aromatic heterocycles. The maximum Gasteiger partial charge on any atom is 0.335 e. The number of hydrogen-bond acceptors (Lipinski definition) is 4. The van der Waals surface area contributed by atoms with Crippen molar-refractivity contribution in [3.63, 3.8) is 0 Å². The van der Waals surface area contributed by atoms with Gasteiger partial charge in [0.2, 0.25) is 0 Å².